The van der Waals surface area contributed by atoms with Crippen LogP contribution in [-0.2, 0) is 19.1 Å². The molecule has 0 bridgehead atoms. The highest BCUT2D eigenvalue weighted by Crippen LogP contribution is 2.37. The standard InChI is InChI=1S/C14H17F10NO4/c1-2-25(5-3-7-28-9(26)11(15,16)13(19,20)21)6-4-8-29-10(27)12(17,18)14(22,23)24/h2-8H2,1H3. The molecule has 0 aliphatic rings. The highest BCUT2D eigenvalue weighted by atomic mass is 19.4. The van der Waals surface area contributed by atoms with Gasteiger partial charge in [0.1, 0.15) is 0 Å². The van der Waals surface area contributed by atoms with Crippen molar-refractivity contribution in [3.05, 3.63) is 0 Å². The average molecular weight is 453 g/mol. The van der Waals surface area contributed by atoms with Crippen LogP contribution >= 0.6 is 0 Å². The lowest BCUT2D eigenvalue weighted by atomic mass is 10.3. The highest BCUT2D eigenvalue weighted by Gasteiger charge is 2.65. The maximum Gasteiger partial charge on any atom is 0.465 e. The van der Waals surface area contributed by atoms with Gasteiger partial charge in [-0.3, -0.25) is 0 Å². The number of rotatable bonds is 11. The normalized spacial score (nSPS) is 13.5. The van der Waals surface area contributed by atoms with E-state index in [0.29, 0.717) is 0 Å². The molecule has 0 amide bonds. The number of halogens is 10. The van der Waals surface area contributed by atoms with Gasteiger partial charge in [0.25, 0.3) is 0 Å². The molecule has 172 valence electrons. The van der Waals surface area contributed by atoms with Crippen LogP contribution in [0.15, 0.2) is 0 Å². The van der Waals surface area contributed by atoms with Gasteiger partial charge in [-0.15, -0.1) is 0 Å². The van der Waals surface area contributed by atoms with Crippen molar-refractivity contribution >= 4 is 11.9 Å². The van der Waals surface area contributed by atoms with Gasteiger partial charge in [-0.05, 0) is 19.4 Å². The largest absolute Gasteiger partial charge is 0.465 e. The number of hydrogen-bond donors (Lipinski definition) is 0. The van der Waals surface area contributed by atoms with Crippen molar-refractivity contribution in [2.75, 3.05) is 32.8 Å². The van der Waals surface area contributed by atoms with Crippen LogP contribution in [0.5, 0.6) is 0 Å². The maximum atomic E-state index is 12.6. The fraction of sp³-hybridized carbons (Fsp3) is 0.857. The monoisotopic (exact) mass is 453 g/mol. The summed E-state index contributed by atoms with van der Waals surface area (Å²) in [6.45, 7) is 0.316. The molecule has 0 heterocycles. The fourth-order valence-corrected chi connectivity index (χ4v) is 1.75. The van der Waals surface area contributed by atoms with Gasteiger partial charge >= 0.3 is 36.1 Å². The molecule has 15 heteroatoms. The molecule has 0 N–H and O–H groups in total. The quantitative estimate of drug-likeness (QED) is 0.272. The van der Waals surface area contributed by atoms with Crippen LogP contribution in [0.4, 0.5) is 43.9 Å². The van der Waals surface area contributed by atoms with Crippen LogP contribution in [-0.4, -0.2) is 73.9 Å². The van der Waals surface area contributed by atoms with Crippen molar-refractivity contribution in [1.29, 1.82) is 0 Å². The first-order valence-electron chi connectivity index (χ1n) is 7.94. The van der Waals surface area contributed by atoms with Gasteiger partial charge in [0.15, 0.2) is 0 Å². The number of alkyl halides is 10. The lowest BCUT2D eigenvalue weighted by Crippen LogP contribution is -2.45. The second kappa shape index (κ2) is 10.3. The number of esters is 2. The number of carbonyl (C=O) groups is 2. The molecule has 0 fully saturated rings. The van der Waals surface area contributed by atoms with Crippen molar-refractivity contribution < 1.29 is 63.0 Å². The second-order valence-electron chi connectivity index (χ2n) is 5.56. The highest BCUT2D eigenvalue weighted by molar-refractivity contribution is 5.79. The van der Waals surface area contributed by atoms with Crippen molar-refractivity contribution in [3.8, 4) is 0 Å². The SMILES string of the molecule is CCN(CCCOC(=O)C(F)(F)C(F)(F)F)CCCOC(=O)C(F)(F)C(F)(F)F. The minimum absolute atomic E-state index is 0.00796. The van der Waals surface area contributed by atoms with Crippen LogP contribution < -0.4 is 0 Å². The summed E-state index contributed by atoms with van der Waals surface area (Å²) >= 11 is 0. The molecule has 0 aromatic carbocycles. The van der Waals surface area contributed by atoms with Gasteiger partial charge in [0, 0.05) is 13.1 Å². The third-order valence-electron chi connectivity index (χ3n) is 3.38. The molecule has 0 aromatic rings. The summed E-state index contributed by atoms with van der Waals surface area (Å²) in [6, 6.07) is 0. The molecule has 5 nitrogen and oxygen atoms in total. The summed E-state index contributed by atoms with van der Waals surface area (Å²) in [7, 11) is 0. The summed E-state index contributed by atoms with van der Waals surface area (Å²) in [5.41, 5.74) is 0. The maximum absolute atomic E-state index is 12.6. The molecule has 0 radical (unpaired) electrons. The molecule has 0 unspecified atom stereocenters. The predicted molar refractivity (Wildman–Crippen MR) is 75.3 cm³/mol. The van der Waals surface area contributed by atoms with E-state index in [0.717, 1.165) is 0 Å². The molecule has 0 aliphatic heterocycles. The Labute approximate surface area is 157 Å². The van der Waals surface area contributed by atoms with Gasteiger partial charge in [-0.25, -0.2) is 9.59 Å². The van der Waals surface area contributed by atoms with Crippen LogP contribution in [0, 0.1) is 0 Å². The van der Waals surface area contributed by atoms with E-state index in [9.17, 15) is 53.5 Å². The summed E-state index contributed by atoms with van der Waals surface area (Å²) in [5.74, 6) is -16.8. The molecule has 0 saturated heterocycles. The zero-order chi connectivity index (χ0) is 23.1. The first-order chi connectivity index (χ1) is 13.0. The molecule has 0 spiro atoms. The van der Waals surface area contributed by atoms with Crippen LogP contribution in [0.3, 0.4) is 0 Å². The van der Waals surface area contributed by atoms with E-state index in [1.54, 1.807) is 6.92 Å². The topological polar surface area (TPSA) is 55.8 Å². The van der Waals surface area contributed by atoms with Crippen molar-refractivity contribution in [3.63, 3.8) is 0 Å². The number of carbonyl (C=O) groups excluding carboxylic acids is 2. The van der Waals surface area contributed by atoms with Crippen LogP contribution in [0.2, 0.25) is 0 Å². The lowest BCUT2D eigenvalue weighted by Gasteiger charge is -2.22. The minimum atomic E-state index is -6.10. The van der Waals surface area contributed by atoms with Crippen molar-refractivity contribution in [1.82, 2.24) is 4.90 Å². The summed E-state index contributed by atoms with van der Waals surface area (Å²) in [6.07, 6.45) is -12.5. The molecule has 29 heavy (non-hydrogen) atoms. The molecular weight excluding hydrogens is 436 g/mol. The zero-order valence-corrected chi connectivity index (χ0v) is 14.8. The Morgan fingerprint density at radius 2 is 1.00 bits per heavy atom. The van der Waals surface area contributed by atoms with Crippen LogP contribution in [0.25, 0.3) is 0 Å². The molecule has 0 saturated carbocycles. The number of ether oxygens (including phenoxy) is 2. The summed E-state index contributed by atoms with van der Waals surface area (Å²) < 4.78 is 130. The Hall–Kier alpha value is -1.80. The van der Waals surface area contributed by atoms with E-state index in [1.807, 2.05) is 0 Å². The predicted octanol–water partition coefficient (Wildman–Crippen LogP) is 3.57. The number of nitrogens with zero attached hydrogens (tertiary/aromatic N) is 1. The van der Waals surface area contributed by atoms with Gasteiger partial charge < -0.3 is 14.4 Å². The van der Waals surface area contributed by atoms with Crippen molar-refractivity contribution in [2.24, 2.45) is 0 Å². The molecular formula is C14H17F10NO4. The van der Waals surface area contributed by atoms with Gasteiger partial charge in [0.05, 0.1) is 13.2 Å². The Kier molecular flexibility index (Phi) is 9.66. The fourth-order valence-electron chi connectivity index (χ4n) is 1.75. The van der Waals surface area contributed by atoms with Gasteiger partial charge in [-0.1, -0.05) is 6.92 Å². The minimum Gasteiger partial charge on any atom is -0.461 e. The molecule has 0 aromatic heterocycles. The average Bonchev–Trinajstić information content (AvgIpc) is 2.57. The summed E-state index contributed by atoms with van der Waals surface area (Å²) in [5, 5.41) is 0. The summed E-state index contributed by atoms with van der Waals surface area (Å²) in [4.78, 5) is 23.0. The zero-order valence-electron chi connectivity index (χ0n) is 14.8. The van der Waals surface area contributed by atoms with E-state index in [-0.39, 0.29) is 32.5 Å². The van der Waals surface area contributed by atoms with Crippen LogP contribution in [0.1, 0.15) is 19.8 Å². The molecule has 0 atom stereocenters. The Bertz CT molecular complexity index is 501. The van der Waals surface area contributed by atoms with Gasteiger partial charge in [0.2, 0.25) is 0 Å². The van der Waals surface area contributed by atoms with Gasteiger partial charge in [-0.2, -0.15) is 43.9 Å². The lowest BCUT2D eigenvalue weighted by molar-refractivity contribution is -0.280. The Balaban J connectivity index is 4.23. The third-order valence-corrected chi connectivity index (χ3v) is 3.38. The van der Waals surface area contributed by atoms with E-state index < -0.39 is 49.4 Å². The Morgan fingerprint density at radius 3 is 1.24 bits per heavy atom. The number of hydrogen-bond acceptors (Lipinski definition) is 5. The Morgan fingerprint density at radius 1 is 0.690 bits per heavy atom. The van der Waals surface area contributed by atoms with E-state index in [1.165, 1.54) is 4.90 Å². The van der Waals surface area contributed by atoms with E-state index in [2.05, 4.69) is 9.47 Å². The first kappa shape index (κ1) is 27.2. The first-order valence-corrected chi connectivity index (χ1v) is 7.94. The molecule has 0 aliphatic carbocycles. The van der Waals surface area contributed by atoms with E-state index in [4.69, 9.17) is 0 Å². The van der Waals surface area contributed by atoms with E-state index >= 15 is 0 Å². The smallest absolute Gasteiger partial charge is 0.461 e. The second-order valence-corrected chi connectivity index (χ2v) is 5.56. The third kappa shape index (κ3) is 7.85. The van der Waals surface area contributed by atoms with Crippen molar-refractivity contribution in [2.45, 2.75) is 44.0 Å². The molecule has 0 rings (SSSR count).